The monoisotopic (exact) mass is 257 g/mol. The van der Waals surface area contributed by atoms with E-state index < -0.39 is 0 Å². The number of benzene rings is 1. The second-order valence-electron chi connectivity index (χ2n) is 3.66. The average Bonchev–Trinajstić information content (AvgIpc) is 2.11. The minimum Gasteiger partial charge on any atom is -0.394 e. The lowest BCUT2D eigenvalue weighted by molar-refractivity contribution is 0.170. The van der Waals surface area contributed by atoms with Gasteiger partial charge in [-0.3, -0.25) is 0 Å². The van der Waals surface area contributed by atoms with Crippen LogP contribution in [0.15, 0.2) is 22.7 Å². The summed E-state index contributed by atoms with van der Waals surface area (Å²) in [6, 6.07) is 6.22. The third-order valence-corrected chi connectivity index (χ3v) is 2.89. The quantitative estimate of drug-likeness (QED) is 0.899. The van der Waals surface area contributed by atoms with Crippen molar-refractivity contribution in [3.63, 3.8) is 0 Å². The number of likely N-dealkylation sites (N-methyl/N-ethyl adjacent to an activating group) is 1. The topological polar surface area (TPSA) is 23.5 Å². The van der Waals surface area contributed by atoms with Crippen molar-refractivity contribution in [1.29, 1.82) is 0 Å². The maximum Gasteiger partial charge on any atom is 0.0628 e. The molecule has 0 amide bonds. The Labute approximate surface area is 93.7 Å². The third kappa shape index (κ3) is 2.56. The van der Waals surface area contributed by atoms with E-state index in [9.17, 15) is 5.11 Å². The first-order valence-corrected chi connectivity index (χ1v) is 5.39. The zero-order valence-electron chi connectivity index (χ0n) is 8.79. The summed E-state index contributed by atoms with van der Waals surface area (Å²) in [5, 5.41) is 9.31. The van der Waals surface area contributed by atoms with E-state index in [2.05, 4.69) is 35.0 Å². The van der Waals surface area contributed by atoms with Crippen molar-refractivity contribution in [2.24, 2.45) is 0 Å². The van der Waals surface area contributed by atoms with Crippen LogP contribution in [0.3, 0.4) is 0 Å². The van der Waals surface area contributed by atoms with Crippen LogP contribution in [0.25, 0.3) is 0 Å². The van der Waals surface area contributed by atoms with Gasteiger partial charge in [-0.05, 0) is 44.3 Å². The molecule has 0 aliphatic heterocycles. The van der Waals surface area contributed by atoms with Crippen LogP contribution in [0.5, 0.6) is 0 Å². The van der Waals surface area contributed by atoms with Gasteiger partial charge in [0.15, 0.2) is 0 Å². The van der Waals surface area contributed by atoms with Crippen molar-refractivity contribution in [2.45, 2.75) is 13.0 Å². The van der Waals surface area contributed by atoms with Gasteiger partial charge in [0.1, 0.15) is 0 Å². The number of aryl methyl sites for hydroxylation is 1. The molecule has 1 atom stereocenters. The Morgan fingerprint density at radius 2 is 2.07 bits per heavy atom. The number of halogens is 1. The number of rotatable bonds is 3. The molecule has 1 N–H and O–H groups in total. The zero-order chi connectivity index (χ0) is 10.7. The van der Waals surface area contributed by atoms with Gasteiger partial charge in [-0.2, -0.15) is 0 Å². The van der Waals surface area contributed by atoms with Crippen molar-refractivity contribution in [2.75, 3.05) is 20.7 Å². The lowest BCUT2D eigenvalue weighted by Crippen LogP contribution is -2.23. The fourth-order valence-electron chi connectivity index (χ4n) is 1.51. The first kappa shape index (κ1) is 11.7. The van der Waals surface area contributed by atoms with E-state index >= 15 is 0 Å². The molecule has 0 radical (unpaired) electrons. The smallest absolute Gasteiger partial charge is 0.0628 e. The molecule has 1 rings (SSSR count). The molecular weight excluding hydrogens is 242 g/mol. The molecule has 3 heteroatoms. The molecule has 0 aliphatic rings. The van der Waals surface area contributed by atoms with Crippen LogP contribution in [0.2, 0.25) is 0 Å². The molecule has 1 aromatic carbocycles. The Morgan fingerprint density at radius 1 is 1.43 bits per heavy atom. The molecular formula is C11H16BrNO. The second kappa shape index (κ2) is 4.91. The maximum atomic E-state index is 9.31. The highest BCUT2D eigenvalue weighted by molar-refractivity contribution is 9.10. The molecule has 0 spiro atoms. The fourth-order valence-corrected chi connectivity index (χ4v) is 1.89. The summed E-state index contributed by atoms with van der Waals surface area (Å²) in [7, 11) is 3.95. The molecule has 78 valence electrons. The number of hydrogen-bond donors (Lipinski definition) is 1. The van der Waals surface area contributed by atoms with Crippen molar-refractivity contribution in [3.05, 3.63) is 33.8 Å². The van der Waals surface area contributed by atoms with Gasteiger partial charge in [0.2, 0.25) is 0 Å². The van der Waals surface area contributed by atoms with E-state index in [0.717, 1.165) is 4.47 Å². The van der Waals surface area contributed by atoms with Gasteiger partial charge < -0.3 is 10.0 Å². The minimum absolute atomic E-state index is 0.0764. The lowest BCUT2D eigenvalue weighted by Gasteiger charge is -2.24. The normalized spacial score (nSPS) is 13.3. The number of hydrogen-bond acceptors (Lipinski definition) is 2. The van der Waals surface area contributed by atoms with Crippen molar-refractivity contribution >= 4 is 15.9 Å². The second-order valence-corrected chi connectivity index (χ2v) is 4.58. The van der Waals surface area contributed by atoms with E-state index in [1.807, 2.05) is 25.1 Å². The number of nitrogens with zero attached hydrogens (tertiary/aromatic N) is 1. The van der Waals surface area contributed by atoms with Crippen LogP contribution in [-0.2, 0) is 0 Å². The van der Waals surface area contributed by atoms with Crippen LogP contribution in [-0.4, -0.2) is 30.7 Å². The highest BCUT2D eigenvalue weighted by Gasteiger charge is 2.14. The molecule has 1 aromatic rings. The van der Waals surface area contributed by atoms with E-state index in [0.29, 0.717) is 0 Å². The SMILES string of the molecule is Cc1ccc(Br)cc1C(CO)N(C)C. The highest BCUT2D eigenvalue weighted by atomic mass is 79.9. The number of aliphatic hydroxyl groups is 1. The van der Waals surface area contributed by atoms with Crippen LogP contribution in [0.1, 0.15) is 17.2 Å². The molecule has 0 heterocycles. The first-order valence-electron chi connectivity index (χ1n) is 4.59. The van der Waals surface area contributed by atoms with Crippen molar-refractivity contribution in [1.82, 2.24) is 4.90 Å². The van der Waals surface area contributed by atoms with Crippen molar-refractivity contribution in [3.8, 4) is 0 Å². The maximum absolute atomic E-state index is 9.31. The molecule has 0 fully saturated rings. The summed E-state index contributed by atoms with van der Waals surface area (Å²) >= 11 is 3.44. The summed E-state index contributed by atoms with van der Waals surface area (Å²) < 4.78 is 1.05. The predicted molar refractivity (Wildman–Crippen MR) is 62.4 cm³/mol. The molecule has 2 nitrogen and oxygen atoms in total. The molecule has 14 heavy (non-hydrogen) atoms. The summed E-state index contributed by atoms with van der Waals surface area (Å²) in [4.78, 5) is 2.02. The van der Waals surface area contributed by atoms with Crippen LogP contribution in [0, 0.1) is 6.92 Å². The van der Waals surface area contributed by atoms with Gasteiger partial charge in [-0.1, -0.05) is 22.0 Å². The van der Waals surface area contributed by atoms with E-state index in [1.165, 1.54) is 11.1 Å². The van der Waals surface area contributed by atoms with Gasteiger partial charge in [0, 0.05) is 4.47 Å². The Morgan fingerprint density at radius 3 is 2.57 bits per heavy atom. The van der Waals surface area contributed by atoms with Gasteiger partial charge in [0.05, 0.1) is 12.6 Å². The van der Waals surface area contributed by atoms with Crippen LogP contribution < -0.4 is 0 Å². The molecule has 0 saturated heterocycles. The van der Waals surface area contributed by atoms with E-state index in [1.54, 1.807) is 0 Å². The Hall–Kier alpha value is -0.380. The minimum atomic E-state index is 0.0764. The summed E-state index contributed by atoms with van der Waals surface area (Å²) in [5.74, 6) is 0. The van der Waals surface area contributed by atoms with E-state index in [-0.39, 0.29) is 12.6 Å². The van der Waals surface area contributed by atoms with Crippen molar-refractivity contribution < 1.29 is 5.11 Å². The first-order chi connectivity index (χ1) is 6.56. The molecule has 0 bridgehead atoms. The standard InChI is InChI=1S/C11H16BrNO/c1-8-4-5-9(12)6-10(8)11(7-14)13(2)3/h4-6,11,14H,7H2,1-3H3. The Bertz CT molecular complexity index is 312. The van der Waals surface area contributed by atoms with Crippen LogP contribution in [0.4, 0.5) is 0 Å². The Kier molecular flexibility index (Phi) is 4.11. The Balaban J connectivity index is 3.08. The number of aliphatic hydroxyl groups excluding tert-OH is 1. The molecule has 0 saturated carbocycles. The predicted octanol–water partition coefficient (Wildman–Crippen LogP) is 2.35. The van der Waals surface area contributed by atoms with Gasteiger partial charge in [-0.15, -0.1) is 0 Å². The summed E-state index contributed by atoms with van der Waals surface area (Å²) in [6.07, 6.45) is 0. The van der Waals surface area contributed by atoms with Crippen LogP contribution >= 0.6 is 15.9 Å². The molecule has 0 aromatic heterocycles. The zero-order valence-corrected chi connectivity index (χ0v) is 10.4. The summed E-state index contributed by atoms with van der Waals surface area (Å²) in [6.45, 7) is 2.21. The van der Waals surface area contributed by atoms with Gasteiger partial charge in [0.25, 0.3) is 0 Å². The largest absolute Gasteiger partial charge is 0.394 e. The lowest BCUT2D eigenvalue weighted by atomic mass is 10.0. The van der Waals surface area contributed by atoms with Gasteiger partial charge >= 0.3 is 0 Å². The van der Waals surface area contributed by atoms with E-state index in [4.69, 9.17) is 0 Å². The highest BCUT2D eigenvalue weighted by Crippen LogP contribution is 2.24. The third-order valence-electron chi connectivity index (χ3n) is 2.40. The fraction of sp³-hybridized carbons (Fsp3) is 0.455. The molecule has 1 unspecified atom stereocenters. The van der Waals surface area contributed by atoms with Gasteiger partial charge in [-0.25, -0.2) is 0 Å². The average molecular weight is 258 g/mol. The molecule has 0 aliphatic carbocycles. The summed E-state index contributed by atoms with van der Waals surface area (Å²) in [5.41, 5.74) is 2.38.